The molecule has 0 heterocycles. The first kappa shape index (κ1) is 13.3. The molecule has 0 aliphatic heterocycles. The third-order valence-electron chi connectivity index (χ3n) is 6.85. The predicted octanol–water partition coefficient (Wildman–Crippen LogP) is 5.78. The van der Waals surface area contributed by atoms with Gasteiger partial charge < -0.3 is 0 Å². The van der Waals surface area contributed by atoms with Crippen LogP contribution in [0.25, 0.3) is 0 Å². The van der Waals surface area contributed by atoms with Crippen molar-refractivity contribution in [3.63, 3.8) is 0 Å². The molecule has 0 amide bonds. The summed E-state index contributed by atoms with van der Waals surface area (Å²) in [6.07, 6.45) is 0. The number of halogens is 1. The number of alkyl halides is 1. The first-order chi connectivity index (χ1) is 11.7. The van der Waals surface area contributed by atoms with E-state index in [2.05, 4.69) is 79.7 Å². The monoisotopic (exact) mass is 328 g/mol. The van der Waals surface area contributed by atoms with E-state index in [1.54, 1.807) is 0 Å². The van der Waals surface area contributed by atoms with E-state index in [4.69, 9.17) is 11.6 Å². The number of hydrogen-bond acceptors (Lipinski definition) is 0. The molecule has 1 heteroatoms. The fraction of sp³-hybridized carbons (Fsp3) is 0.217. The van der Waals surface area contributed by atoms with Crippen LogP contribution in [0.1, 0.15) is 52.1 Å². The summed E-state index contributed by atoms with van der Waals surface area (Å²) in [5.74, 6) is 0.750. The quantitative estimate of drug-likeness (QED) is 0.459. The van der Waals surface area contributed by atoms with Crippen LogP contribution in [0, 0.1) is 5.41 Å². The highest BCUT2D eigenvalue weighted by atomic mass is 35.5. The zero-order valence-corrected chi connectivity index (χ0v) is 14.2. The van der Waals surface area contributed by atoms with Gasteiger partial charge in [-0.1, -0.05) is 79.7 Å². The molecule has 0 nitrogen and oxygen atoms in total. The van der Waals surface area contributed by atoms with E-state index >= 15 is 0 Å². The molecular weight excluding hydrogens is 312 g/mol. The number of hydrogen-bond donors (Lipinski definition) is 0. The van der Waals surface area contributed by atoms with Gasteiger partial charge in [0, 0.05) is 17.3 Å². The Bertz CT molecular complexity index is 941. The molecule has 3 aliphatic rings. The van der Waals surface area contributed by atoms with Crippen molar-refractivity contribution in [2.75, 3.05) is 0 Å². The Labute approximate surface area is 147 Å². The molecule has 0 aromatic heterocycles. The largest absolute Gasteiger partial charge is 0.108 e. The summed E-state index contributed by atoms with van der Waals surface area (Å²) in [6.45, 7) is 2.41. The summed E-state index contributed by atoms with van der Waals surface area (Å²) in [5, 5.41) is 0. The fourth-order valence-corrected chi connectivity index (χ4v) is 6.64. The molecule has 116 valence electrons. The average molecular weight is 329 g/mol. The Morgan fingerprint density at radius 3 is 1.46 bits per heavy atom. The third kappa shape index (κ3) is 1.12. The standard InChI is InChI=1S/C23H17Cl/c1-22-20-14-8-2-3-9-15(14)21(22)17-11-5-7-13-19(17)23(22,24)18-12-6-4-10-16(18)20/h2-13,20-21H,1H3. The lowest BCUT2D eigenvalue weighted by Crippen LogP contribution is -2.35. The minimum Gasteiger partial charge on any atom is -0.108 e. The third-order valence-corrected chi connectivity index (χ3v) is 7.66. The lowest BCUT2D eigenvalue weighted by Gasteiger charge is -2.37. The van der Waals surface area contributed by atoms with Crippen LogP contribution >= 0.6 is 11.6 Å². The van der Waals surface area contributed by atoms with Gasteiger partial charge in [0.25, 0.3) is 0 Å². The summed E-state index contributed by atoms with van der Waals surface area (Å²) in [6, 6.07) is 26.6. The van der Waals surface area contributed by atoms with Gasteiger partial charge in [-0.2, -0.15) is 0 Å². The van der Waals surface area contributed by atoms with E-state index < -0.39 is 4.87 Å². The van der Waals surface area contributed by atoms with E-state index in [9.17, 15) is 0 Å². The van der Waals surface area contributed by atoms with Crippen molar-refractivity contribution in [1.29, 1.82) is 0 Å². The van der Waals surface area contributed by atoms with Gasteiger partial charge in [0.2, 0.25) is 0 Å². The molecule has 0 saturated carbocycles. The summed E-state index contributed by atoms with van der Waals surface area (Å²) >= 11 is 7.59. The second-order valence-electron chi connectivity index (χ2n) is 7.61. The number of benzene rings is 3. The van der Waals surface area contributed by atoms with E-state index in [1.807, 2.05) is 0 Å². The summed E-state index contributed by atoms with van der Waals surface area (Å²) in [5.41, 5.74) is 8.35. The van der Waals surface area contributed by atoms with Crippen LogP contribution in [0.3, 0.4) is 0 Å². The van der Waals surface area contributed by atoms with E-state index in [1.165, 1.54) is 33.4 Å². The zero-order valence-electron chi connectivity index (χ0n) is 13.5. The van der Waals surface area contributed by atoms with Crippen molar-refractivity contribution < 1.29 is 0 Å². The van der Waals surface area contributed by atoms with Crippen LogP contribution < -0.4 is 0 Å². The molecule has 3 aliphatic carbocycles. The van der Waals surface area contributed by atoms with Gasteiger partial charge in [0.05, 0.1) is 0 Å². The van der Waals surface area contributed by atoms with E-state index in [0.717, 1.165) is 0 Å². The Kier molecular flexibility index (Phi) is 2.18. The maximum absolute atomic E-state index is 7.59. The van der Waals surface area contributed by atoms with Crippen LogP contribution in [0.2, 0.25) is 0 Å². The summed E-state index contributed by atoms with van der Waals surface area (Å²) < 4.78 is 0. The van der Waals surface area contributed by atoms with Crippen molar-refractivity contribution in [2.24, 2.45) is 5.41 Å². The summed E-state index contributed by atoms with van der Waals surface area (Å²) in [7, 11) is 0. The zero-order chi connectivity index (χ0) is 16.1. The molecule has 0 spiro atoms. The van der Waals surface area contributed by atoms with Crippen molar-refractivity contribution in [1.82, 2.24) is 0 Å². The molecule has 3 aromatic carbocycles. The molecule has 6 rings (SSSR count). The molecule has 2 unspecified atom stereocenters. The van der Waals surface area contributed by atoms with Gasteiger partial charge in [0.15, 0.2) is 0 Å². The number of fused-ring (bicyclic) bond motifs is 9. The number of rotatable bonds is 0. The van der Waals surface area contributed by atoms with Crippen molar-refractivity contribution in [2.45, 2.75) is 23.6 Å². The van der Waals surface area contributed by atoms with Crippen molar-refractivity contribution in [3.8, 4) is 0 Å². The Morgan fingerprint density at radius 2 is 1.00 bits per heavy atom. The highest BCUT2D eigenvalue weighted by Gasteiger charge is 2.71. The normalized spacial score (nSPS) is 33.8. The van der Waals surface area contributed by atoms with Crippen molar-refractivity contribution in [3.05, 3.63) is 106 Å². The van der Waals surface area contributed by atoms with Crippen LogP contribution in [0.5, 0.6) is 0 Å². The second-order valence-corrected chi connectivity index (χ2v) is 8.18. The molecule has 0 radical (unpaired) electrons. The van der Waals surface area contributed by atoms with Crippen LogP contribution in [0.15, 0.2) is 72.8 Å². The highest BCUT2D eigenvalue weighted by molar-refractivity contribution is 6.28. The predicted molar refractivity (Wildman–Crippen MR) is 97.8 cm³/mol. The molecule has 2 atom stereocenters. The van der Waals surface area contributed by atoms with E-state index in [0.29, 0.717) is 11.8 Å². The van der Waals surface area contributed by atoms with Crippen molar-refractivity contribution >= 4 is 11.6 Å². The fourth-order valence-electron chi connectivity index (χ4n) is 6.08. The van der Waals surface area contributed by atoms with E-state index in [-0.39, 0.29) is 5.41 Å². The van der Waals surface area contributed by atoms with Gasteiger partial charge in [-0.3, -0.25) is 0 Å². The SMILES string of the molecule is CC12C3c4ccccc4C1c1ccccc1C2(Cl)c1ccccc13. The Morgan fingerprint density at radius 1 is 0.625 bits per heavy atom. The lowest BCUT2D eigenvalue weighted by molar-refractivity contribution is 0.260. The highest BCUT2D eigenvalue weighted by Crippen LogP contribution is 2.79. The maximum atomic E-state index is 7.59. The van der Waals surface area contributed by atoms with Gasteiger partial charge in [0.1, 0.15) is 4.87 Å². The lowest BCUT2D eigenvalue weighted by atomic mass is 9.70. The molecule has 0 fully saturated rings. The molecule has 3 aromatic rings. The van der Waals surface area contributed by atoms with Crippen LogP contribution in [-0.2, 0) is 4.87 Å². The minimum absolute atomic E-state index is 0.0361. The van der Waals surface area contributed by atoms with Crippen LogP contribution in [-0.4, -0.2) is 0 Å². The molecule has 0 bridgehead atoms. The molecular formula is C23H17Cl. The Hall–Kier alpha value is -2.05. The van der Waals surface area contributed by atoms with Gasteiger partial charge in [-0.25, -0.2) is 0 Å². The molecule has 0 saturated heterocycles. The second kappa shape index (κ2) is 3.95. The summed E-state index contributed by atoms with van der Waals surface area (Å²) in [4.78, 5) is -0.436. The van der Waals surface area contributed by atoms with Gasteiger partial charge in [-0.15, -0.1) is 11.6 Å². The molecule has 0 N–H and O–H groups in total. The van der Waals surface area contributed by atoms with Gasteiger partial charge >= 0.3 is 0 Å². The average Bonchev–Trinajstić information content (AvgIpc) is 3.09. The smallest absolute Gasteiger partial charge is 0.102 e. The van der Waals surface area contributed by atoms with Crippen LogP contribution in [0.4, 0.5) is 0 Å². The first-order valence-electron chi connectivity index (χ1n) is 8.65. The maximum Gasteiger partial charge on any atom is 0.102 e. The molecule has 24 heavy (non-hydrogen) atoms. The van der Waals surface area contributed by atoms with Gasteiger partial charge in [-0.05, 0) is 33.4 Å². The first-order valence-corrected chi connectivity index (χ1v) is 9.03. The minimum atomic E-state index is -0.436. The Balaban J connectivity index is 1.85. The topological polar surface area (TPSA) is 0 Å².